The highest BCUT2D eigenvalue weighted by molar-refractivity contribution is 6.18. The van der Waals surface area contributed by atoms with E-state index in [1.165, 1.54) is 0 Å². The second kappa shape index (κ2) is 10.5. The molecule has 0 unspecified atom stereocenters. The summed E-state index contributed by atoms with van der Waals surface area (Å²) in [7, 11) is 0. The highest BCUT2D eigenvalue weighted by Crippen LogP contribution is 1.89. The molecular weight excluding hydrogens is 187 g/mol. The summed E-state index contributed by atoms with van der Waals surface area (Å²) in [4.78, 5) is 0. The van der Waals surface area contributed by atoms with Gasteiger partial charge in [-0.3, -0.25) is 0 Å². The summed E-state index contributed by atoms with van der Waals surface area (Å²) in [5.74, 6) is 1.28. The highest BCUT2D eigenvalue weighted by atomic mass is 35.5. The second-order valence-corrected chi connectivity index (χ2v) is 2.78. The summed E-state index contributed by atoms with van der Waals surface area (Å²) in [6, 6.07) is 0. The van der Waals surface area contributed by atoms with Crippen molar-refractivity contribution in [2.24, 2.45) is 0 Å². The van der Waals surface area contributed by atoms with E-state index in [0.29, 0.717) is 31.8 Å². The Morgan fingerprint density at radius 2 is 1.27 bits per heavy atom. The van der Waals surface area contributed by atoms with Gasteiger partial charge >= 0.3 is 0 Å². The minimum atomic E-state index is 0.355. The van der Waals surface area contributed by atoms with Crippen molar-refractivity contribution in [3.8, 4) is 0 Å². The van der Waals surface area contributed by atoms with E-state index in [2.05, 4.69) is 0 Å². The Bertz CT molecular complexity index is 63.5. The summed E-state index contributed by atoms with van der Waals surface area (Å²) in [6.45, 7) is 1.70. The third kappa shape index (κ3) is 10.5. The molecule has 0 aromatic carbocycles. The zero-order valence-electron chi connectivity index (χ0n) is 6.52. The lowest BCUT2D eigenvalue weighted by Gasteiger charge is -2.02. The number of alkyl halides is 2. The van der Waals surface area contributed by atoms with Crippen molar-refractivity contribution in [1.82, 2.24) is 0 Å². The Hall–Kier alpha value is 0.500. The van der Waals surface area contributed by atoms with Gasteiger partial charge in [-0.15, -0.1) is 23.2 Å². The van der Waals surface area contributed by atoms with Crippen LogP contribution >= 0.6 is 23.2 Å². The Balaban J connectivity index is 2.69. The third-order valence-electron chi connectivity index (χ3n) is 1.01. The molecule has 2 nitrogen and oxygen atoms in total. The maximum Gasteiger partial charge on any atom is 0.146 e. The average Bonchev–Trinajstić information content (AvgIpc) is 2.03. The highest BCUT2D eigenvalue weighted by Gasteiger charge is 1.88. The van der Waals surface area contributed by atoms with E-state index in [1.807, 2.05) is 0 Å². The zero-order valence-corrected chi connectivity index (χ0v) is 8.03. The van der Waals surface area contributed by atoms with Crippen LogP contribution in [0.25, 0.3) is 0 Å². The van der Waals surface area contributed by atoms with E-state index in [1.54, 1.807) is 0 Å². The third-order valence-corrected chi connectivity index (χ3v) is 1.55. The Morgan fingerprint density at radius 1 is 0.818 bits per heavy atom. The molecule has 0 spiro atoms. The lowest BCUT2D eigenvalue weighted by Crippen LogP contribution is -2.03. The molecule has 0 aliphatic heterocycles. The molecule has 0 saturated heterocycles. The smallest absolute Gasteiger partial charge is 0.146 e. The van der Waals surface area contributed by atoms with Gasteiger partial charge in [0.1, 0.15) is 6.79 Å². The predicted octanol–water partition coefficient (Wildman–Crippen LogP) is 2.23. The van der Waals surface area contributed by atoms with E-state index in [-0.39, 0.29) is 0 Å². The molecule has 0 atom stereocenters. The van der Waals surface area contributed by atoms with Crippen LogP contribution in [0, 0.1) is 0 Å². The molecule has 0 aromatic rings. The molecule has 0 aromatic heterocycles. The van der Waals surface area contributed by atoms with E-state index in [9.17, 15) is 0 Å². The molecule has 0 rings (SSSR count). The van der Waals surface area contributed by atoms with Gasteiger partial charge in [0.2, 0.25) is 0 Å². The van der Waals surface area contributed by atoms with Gasteiger partial charge in [0.25, 0.3) is 0 Å². The fourth-order valence-electron chi connectivity index (χ4n) is 0.490. The lowest BCUT2D eigenvalue weighted by atomic mass is 10.5. The van der Waals surface area contributed by atoms with Gasteiger partial charge in [-0.05, 0) is 12.8 Å². The van der Waals surface area contributed by atoms with Crippen LogP contribution in [0.2, 0.25) is 0 Å². The summed E-state index contributed by atoms with van der Waals surface area (Å²) in [5.41, 5.74) is 0. The van der Waals surface area contributed by atoms with Crippen molar-refractivity contribution in [3.63, 3.8) is 0 Å². The van der Waals surface area contributed by atoms with Crippen LogP contribution < -0.4 is 0 Å². The molecule has 11 heavy (non-hydrogen) atoms. The number of ether oxygens (including phenoxy) is 2. The Labute approximate surface area is 77.8 Å². The van der Waals surface area contributed by atoms with Crippen molar-refractivity contribution < 1.29 is 9.47 Å². The monoisotopic (exact) mass is 200 g/mol. The van der Waals surface area contributed by atoms with E-state index in [0.717, 1.165) is 12.8 Å². The van der Waals surface area contributed by atoms with Gasteiger partial charge in [-0.1, -0.05) is 0 Å². The van der Waals surface area contributed by atoms with Crippen LogP contribution in [0.15, 0.2) is 0 Å². The number of hydrogen-bond donors (Lipinski definition) is 0. The summed E-state index contributed by atoms with van der Waals surface area (Å²) in [6.07, 6.45) is 1.75. The average molecular weight is 201 g/mol. The molecule has 0 bridgehead atoms. The van der Waals surface area contributed by atoms with Crippen molar-refractivity contribution in [2.45, 2.75) is 12.8 Å². The van der Waals surface area contributed by atoms with E-state index < -0.39 is 0 Å². The first-order valence-electron chi connectivity index (χ1n) is 3.69. The quantitative estimate of drug-likeness (QED) is 0.340. The maximum atomic E-state index is 5.43. The van der Waals surface area contributed by atoms with Crippen molar-refractivity contribution in [3.05, 3.63) is 0 Å². The molecule has 0 N–H and O–H groups in total. The van der Waals surface area contributed by atoms with Gasteiger partial charge < -0.3 is 9.47 Å². The van der Waals surface area contributed by atoms with Crippen LogP contribution in [-0.2, 0) is 9.47 Å². The zero-order chi connectivity index (χ0) is 8.36. The molecule has 0 amide bonds. The fraction of sp³-hybridized carbons (Fsp3) is 1.00. The van der Waals surface area contributed by atoms with Crippen LogP contribution in [0.3, 0.4) is 0 Å². The van der Waals surface area contributed by atoms with Crippen LogP contribution in [0.1, 0.15) is 12.8 Å². The van der Waals surface area contributed by atoms with Crippen LogP contribution in [0.5, 0.6) is 0 Å². The van der Waals surface area contributed by atoms with Gasteiger partial charge in [-0.25, -0.2) is 0 Å². The molecule has 0 radical (unpaired) electrons. The van der Waals surface area contributed by atoms with Gasteiger partial charge in [-0.2, -0.15) is 0 Å². The van der Waals surface area contributed by atoms with Crippen LogP contribution in [0.4, 0.5) is 0 Å². The molecule has 68 valence electrons. The number of rotatable bonds is 8. The Kier molecular flexibility index (Phi) is 11.0. The standard InChI is InChI=1S/C7H14Cl2O2/c8-3-1-5-10-7-11-6-2-4-9/h1-7H2. The van der Waals surface area contributed by atoms with Gasteiger partial charge in [0, 0.05) is 11.8 Å². The van der Waals surface area contributed by atoms with Crippen molar-refractivity contribution in [1.29, 1.82) is 0 Å². The Morgan fingerprint density at radius 3 is 1.64 bits per heavy atom. The summed E-state index contributed by atoms with van der Waals surface area (Å²) < 4.78 is 10.1. The normalized spacial score (nSPS) is 10.4. The van der Waals surface area contributed by atoms with E-state index >= 15 is 0 Å². The molecule has 0 saturated carbocycles. The lowest BCUT2D eigenvalue weighted by molar-refractivity contribution is -0.0528. The van der Waals surface area contributed by atoms with Crippen molar-refractivity contribution >= 4 is 23.2 Å². The minimum absolute atomic E-state index is 0.355. The first-order valence-corrected chi connectivity index (χ1v) is 4.76. The molecule has 0 aliphatic carbocycles. The molecule has 0 heterocycles. The topological polar surface area (TPSA) is 18.5 Å². The first kappa shape index (κ1) is 11.5. The van der Waals surface area contributed by atoms with Crippen molar-refractivity contribution in [2.75, 3.05) is 31.8 Å². The fourth-order valence-corrected chi connectivity index (χ4v) is 0.708. The second-order valence-electron chi connectivity index (χ2n) is 2.02. The van der Waals surface area contributed by atoms with E-state index in [4.69, 9.17) is 32.7 Å². The number of hydrogen-bond acceptors (Lipinski definition) is 2. The SMILES string of the molecule is ClCCCOCOCCCCl. The molecular formula is C7H14Cl2O2. The largest absolute Gasteiger partial charge is 0.355 e. The minimum Gasteiger partial charge on any atom is -0.355 e. The van der Waals surface area contributed by atoms with Gasteiger partial charge in [0.15, 0.2) is 0 Å². The maximum absolute atomic E-state index is 5.43. The number of halogens is 2. The van der Waals surface area contributed by atoms with Crippen LogP contribution in [-0.4, -0.2) is 31.8 Å². The molecule has 0 fully saturated rings. The summed E-state index contributed by atoms with van der Waals surface area (Å²) >= 11 is 10.9. The predicted molar refractivity (Wildman–Crippen MR) is 47.4 cm³/mol. The van der Waals surface area contributed by atoms with Gasteiger partial charge in [0.05, 0.1) is 13.2 Å². The molecule has 4 heteroatoms. The first-order chi connectivity index (χ1) is 5.41. The summed E-state index contributed by atoms with van der Waals surface area (Å²) in [5, 5.41) is 0. The molecule has 0 aliphatic rings.